The summed E-state index contributed by atoms with van der Waals surface area (Å²) < 4.78 is 30.2. The Balaban J connectivity index is 1.89. The molecule has 0 bridgehead atoms. The number of hydrogen-bond acceptors (Lipinski definition) is 5. The molecule has 0 fully saturated rings. The summed E-state index contributed by atoms with van der Waals surface area (Å²) in [5.74, 6) is 0.635. The minimum Gasteiger partial charge on any atom is -0.360 e. The Morgan fingerprint density at radius 3 is 2.30 bits per heavy atom. The maximum Gasteiger partial charge on any atom is 0.178 e. The lowest BCUT2D eigenvalue weighted by Gasteiger charge is -2.07. The molecule has 0 spiro atoms. The average Bonchev–Trinajstić information content (AvgIpc) is 3.03. The van der Waals surface area contributed by atoms with Gasteiger partial charge in [-0.2, -0.15) is 0 Å². The normalized spacial score (nSPS) is 11.5. The zero-order valence-corrected chi connectivity index (χ0v) is 16.1. The van der Waals surface area contributed by atoms with Gasteiger partial charge in [-0.1, -0.05) is 47.6 Å². The van der Waals surface area contributed by atoms with Crippen molar-refractivity contribution in [3.8, 4) is 22.4 Å². The van der Waals surface area contributed by atoms with Crippen LogP contribution in [0.1, 0.15) is 25.5 Å². The maximum absolute atomic E-state index is 12.4. The van der Waals surface area contributed by atoms with E-state index in [4.69, 9.17) is 4.52 Å². The molecular formula is C21H21NO4S. The molecular weight excluding hydrogens is 362 g/mol. The largest absolute Gasteiger partial charge is 0.360 e. The van der Waals surface area contributed by atoms with Crippen molar-refractivity contribution in [1.82, 2.24) is 5.16 Å². The highest BCUT2D eigenvalue weighted by molar-refractivity contribution is 7.91. The molecule has 1 heterocycles. The van der Waals surface area contributed by atoms with E-state index >= 15 is 0 Å². The molecule has 0 N–H and O–H groups in total. The van der Waals surface area contributed by atoms with Gasteiger partial charge in [-0.05, 0) is 38.0 Å². The Morgan fingerprint density at radius 1 is 1.00 bits per heavy atom. The van der Waals surface area contributed by atoms with Crippen molar-refractivity contribution in [1.29, 1.82) is 0 Å². The summed E-state index contributed by atoms with van der Waals surface area (Å²) in [6, 6.07) is 16.4. The van der Waals surface area contributed by atoms with Crippen molar-refractivity contribution in [2.24, 2.45) is 0 Å². The summed E-state index contributed by atoms with van der Waals surface area (Å²) in [7, 11) is -3.41. The van der Waals surface area contributed by atoms with Crippen molar-refractivity contribution in [3.05, 3.63) is 60.4 Å². The Labute approximate surface area is 158 Å². The second-order valence-corrected chi connectivity index (χ2v) is 8.59. The monoisotopic (exact) mass is 383 g/mol. The zero-order valence-electron chi connectivity index (χ0n) is 15.3. The van der Waals surface area contributed by atoms with Gasteiger partial charge in [-0.3, -0.25) is 0 Å². The lowest BCUT2D eigenvalue weighted by molar-refractivity contribution is -0.117. The van der Waals surface area contributed by atoms with Gasteiger partial charge in [-0.25, -0.2) is 8.42 Å². The molecule has 0 atom stereocenters. The standard InChI is InChI=1S/C21H21NO4S/c1-15(23)7-6-14-27(24,25)19-12-10-17(11-13-19)20-16(2)26-22-21(20)18-8-4-3-5-9-18/h3-5,8-13H,6-7,14H2,1-2H3. The van der Waals surface area contributed by atoms with Crippen LogP contribution in [0.2, 0.25) is 0 Å². The van der Waals surface area contributed by atoms with Crippen LogP contribution in [0.5, 0.6) is 0 Å². The first-order valence-corrected chi connectivity index (χ1v) is 10.4. The quantitative estimate of drug-likeness (QED) is 0.602. The molecule has 0 unspecified atom stereocenters. The molecule has 1 aromatic heterocycles. The minimum atomic E-state index is -3.41. The Kier molecular flexibility index (Phi) is 5.56. The van der Waals surface area contributed by atoms with Gasteiger partial charge in [0.2, 0.25) is 0 Å². The van der Waals surface area contributed by atoms with Crippen LogP contribution in [0.15, 0.2) is 64.0 Å². The molecule has 0 saturated heterocycles. The van der Waals surface area contributed by atoms with Crippen LogP contribution in [-0.4, -0.2) is 25.1 Å². The number of carbonyl (C=O) groups is 1. The number of aryl methyl sites for hydroxylation is 1. The molecule has 3 rings (SSSR count). The molecule has 0 radical (unpaired) electrons. The Hall–Kier alpha value is -2.73. The van der Waals surface area contributed by atoms with E-state index in [1.165, 1.54) is 6.92 Å². The smallest absolute Gasteiger partial charge is 0.178 e. The van der Waals surface area contributed by atoms with Crippen LogP contribution < -0.4 is 0 Å². The van der Waals surface area contributed by atoms with Gasteiger partial charge in [0.15, 0.2) is 9.84 Å². The molecule has 0 aliphatic rings. The maximum atomic E-state index is 12.4. The van der Waals surface area contributed by atoms with E-state index in [0.717, 1.165) is 22.4 Å². The topological polar surface area (TPSA) is 77.2 Å². The highest BCUT2D eigenvalue weighted by Crippen LogP contribution is 2.34. The average molecular weight is 383 g/mol. The van der Waals surface area contributed by atoms with Crippen molar-refractivity contribution in [2.45, 2.75) is 31.6 Å². The first-order chi connectivity index (χ1) is 12.9. The number of rotatable bonds is 7. The summed E-state index contributed by atoms with van der Waals surface area (Å²) in [5.41, 5.74) is 3.35. The molecule has 0 saturated carbocycles. The molecule has 5 nitrogen and oxygen atoms in total. The number of aromatic nitrogens is 1. The van der Waals surface area contributed by atoms with Gasteiger partial charge in [0.25, 0.3) is 0 Å². The number of carbonyl (C=O) groups excluding carboxylic acids is 1. The van der Waals surface area contributed by atoms with Crippen LogP contribution in [0, 0.1) is 6.92 Å². The zero-order chi connectivity index (χ0) is 19.4. The van der Waals surface area contributed by atoms with E-state index < -0.39 is 9.84 Å². The summed E-state index contributed by atoms with van der Waals surface area (Å²) in [6.45, 7) is 3.30. The van der Waals surface area contributed by atoms with Gasteiger partial charge < -0.3 is 9.32 Å². The van der Waals surface area contributed by atoms with E-state index in [2.05, 4.69) is 5.16 Å². The van der Waals surface area contributed by atoms with Crippen LogP contribution >= 0.6 is 0 Å². The number of nitrogens with zero attached hydrogens (tertiary/aromatic N) is 1. The molecule has 6 heteroatoms. The highest BCUT2D eigenvalue weighted by Gasteiger charge is 2.18. The van der Waals surface area contributed by atoms with Crippen LogP contribution in [0.4, 0.5) is 0 Å². The fraction of sp³-hybridized carbons (Fsp3) is 0.238. The SMILES string of the molecule is CC(=O)CCCS(=O)(=O)c1ccc(-c2c(-c3ccccc3)noc2C)cc1. The Bertz CT molecular complexity index is 1040. The molecule has 0 aliphatic heterocycles. The van der Waals surface area contributed by atoms with E-state index in [-0.39, 0.29) is 22.9 Å². The third kappa shape index (κ3) is 4.34. The number of Topliss-reactive ketones (excluding diaryl/α,β-unsaturated/α-hetero) is 1. The predicted molar refractivity (Wildman–Crippen MR) is 104 cm³/mol. The summed E-state index contributed by atoms with van der Waals surface area (Å²) in [6.07, 6.45) is 0.611. The summed E-state index contributed by atoms with van der Waals surface area (Å²) in [4.78, 5) is 11.3. The molecule has 27 heavy (non-hydrogen) atoms. The number of hydrogen-bond donors (Lipinski definition) is 0. The van der Waals surface area contributed by atoms with Gasteiger partial charge in [-0.15, -0.1) is 0 Å². The molecule has 0 aliphatic carbocycles. The third-order valence-electron chi connectivity index (χ3n) is 4.35. The van der Waals surface area contributed by atoms with Crippen molar-refractivity contribution in [2.75, 3.05) is 5.75 Å². The highest BCUT2D eigenvalue weighted by atomic mass is 32.2. The fourth-order valence-corrected chi connectivity index (χ4v) is 4.27. The van der Waals surface area contributed by atoms with Crippen LogP contribution in [0.3, 0.4) is 0 Å². The first-order valence-electron chi connectivity index (χ1n) is 8.73. The van der Waals surface area contributed by atoms with Crippen LogP contribution in [0.25, 0.3) is 22.4 Å². The van der Waals surface area contributed by atoms with Gasteiger partial charge in [0.1, 0.15) is 17.2 Å². The second-order valence-electron chi connectivity index (χ2n) is 6.48. The number of sulfone groups is 1. The lowest BCUT2D eigenvalue weighted by atomic mass is 10.00. The number of benzene rings is 2. The predicted octanol–water partition coefficient (Wildman–Crippen LogP) is 4.46. The van der Waals surface area contributed by atoms with E-state index in [1.807, 2.05) is 37.3 Å². The summed E-state index contributed by atoms with van der Waals surface area (Å²) in [5, 5.41) is 4.17. The van der Waals surface area contributed by atoms with Crippen molar-refractivity contribution in [3.63, 3.8) is 0 Å². The Morgan fingerprint density at radius 2 is 1.67 bits per heavy atom. The van der Waals surface area contributed by atoms with E-state index in [0.29, 0.717) is 12.2 Å². The van der Waals surface area contributed by atoms with E-state index in [9.17, 15) is 13.2 Å². The summed E-state index contributed by atoms with van der Waals surface area (Å²) >= 11 is 0. The van der Waals surface area contributed by atoms with Crippen molar-refractivity contribution < 1.29 is 17.7 Å². The third-order valence-corrected chi connectivity index (χ3v) is 6.17. The number of ketones is 1. The van der Waals surface area contributed by atoms with Crippen LogP contribution in [-0.2, 0) is 14.6 Å². The molecule has 2 aromatic carbocycles. The lowest BCUT2D eigenvalue weighted by Crippen LogP contribution is -2.08. The fourth-order valence-electron chi connectivity index (χ4n) is 2.96. The minimum absolute atomic E-state index is 0.00285. The second kappa shape index (κ2) is 7.88. The molecule has 0 amide bonds. The molecule has 140 valence electrons. The first kappa shape index (κ1) is 19.0. The molecule has 3 aromatic rings. The van der Waals surface area contributed by atoms with E-state index in [1.54, 1.807) is 24.3 Å². The van der Waals surface area contributed by atoms with Gasteiger partial charge in [0.05, 0.1) is 16.2 Å². The van der Waals surface area contributed by atoms with Gasteiger partial charge >= 0.3 is 0 Å². The van der Waals surface area contributed by atoms with Crippen molar-refractivity contribution >= 4 is 15.6 Å². The van der Waals surface area contributed by atoms with Gasteiger partial charge in [0, 0.05) is 12.0 Å².